The lowest BCUT2D eigenvalue weighted by Gasteiger charge is -2.08. The maximum Gasteiger partial charge on any atom is 0.416 e. The van der Waals surface area contributed by atoms with E-state index in [9.17, 15) is 13.2 Å². The fourth-order valence-corrected chi connectivity index (χ4v) is 2.30. The Morgan fingerprint density at radius 1 is 0.783 bits per heavy atom. The SMILES string of the molecule is FC(F)(F)c1ccc(-c2nc(Cl)cc(-c3ccccc3)n2)cc1. The molecule has 3 rings (SSSR count). The summed E-state index contributed by atoms with van der Waals surface area (Å²) in [6, 6.07) is 15.6. The van der Waals surface area contributed by atoms with Crippen LogP contribution in [0.25, 0.3) is 22.6 Å². The van der Waals surface area contributed by atoms with Crippen LogP contribution in [0.15, 0.2) is 60.7 Å². The number of halogens is 4. The number of nitrogens with zero attached hydrogens (tertiary/aromatic N) is 2. The lowest BCUT2D eigenvalue weighted by molar-refractivity contribution is -0.137. The normalized spacial score (nSPS) is 11.5. The second kappa shape index (κ2) is 6.01. The van der Waals surface area contributed by atoms with E-state index < -0.39 is 11.7 Å². The molecule has 1 aromatic heterocycles. The molecule has 3 aromatic rings. The molecule has 0 atom stereocenters. The summed E-state index contributed by atoms with van der Waals surface area (Å²) in [4.78, 5) is 8.48. The third-order valence-corrected chi connectivity index (χ3v) is 3.43. The van der Waals surface area contributed by atoms with Crippen molar-refractivity contribution in [3.05, 3.63) is 71.4 Å². The van der Waals surface area contributed by atoms with Crippen LogP contribution in [0.5, 0.6) is 0 Å². The van der Waals surface area contributed by atoms with E-state index in [0.29, 0.717) is 11.3 Å². The van der Waals surface area contributed by atoms with E-state index in [1.807, 2.05) is 30.3 Å². The molecule has 0 bridgehead atoms. The van der Waals surface area contributed by atoms with E-state index in [4.69, 9.17) is 11.6 Å². The second-order valence-corrected chi connectivity index (χ2v) is 5.23. The zero-order valence-corrected chi connectivity index (χ0v) is 12.4. The van der Waals surface area contributed by atoms with Crippen molar-refractivity contribution in [2.45, 2.75) is 6.18 Å². The van der Waals surface area contributed by atoms with E-state index in [1.54, 1.807) is 6.07 Å². The smallest absolute Gasteiger partial charge is 0.228 e. The molecule has 0 unspecified atom stereocenters. The summed E-state index contributed by atoms with van der Waals surface area (Å²) in [5.41, 5.74) is 1.22. The van der Waals surface area contributed by atoms with Crippen LogP contribution in [0.4, 0.5) is 13.2 Å². The van der Waals surface area contributed by atoms with Crippen molar-refractivity contribution >= 4 is 11.6 Å². The molecule has 0 fully saturated rings. The summed E-state index contributed by atoms with van der Waals surface area (Å²) < 4.78 is 37.9. The zero-order chi connectivity index (χ0) is 16.4. The number of hydrogen-bond donors (Lipinski definition) is 0. The summed E-state index contributed by atoms with van der Waals surface area (Å²) in [5, 5.41) is 0.230. The van der Waals surface area contributed by atoms with Gasteiger partial charge in [0.15, 0.2) is 5.82 Å². The van der Waals surface area contributed by atoms with E-state index in [2.05, 4.69) is 9.97 Å². The molecule has 0 aliphatic heterocycles. The molecule has 0 saturated heterocycles. The summed E-state index contributed by atoms with van der Waals surface area (Å²) in [6.45, 7) is 0. The maximum absolute atomic E-state index is 12.6. The molecule has 0 aliphatic rings. The van der Waals surface area contributed by atoms with E-state index in [0.717, 1.165) is 17.7 Å². The molecule has 1 heterocycles. The largest absolute Gasteiger partial charge is 0.416 e. The molecule has 2 nitrogen and oxygen atoms in total. The van der Waals surface area contributed by atoms with Crippen molar-refractivity contribution in [3.8, 4) is 22.6 Å². The number of rotatable bonds is 2. The van der Waals surface area contributed by atoms with Crippen LogP contribution < -0.4 is 0 Å². The topological polar surface area (TPSA) is 25.8 Å². The Bertz CT molecular complexity index is 815. The summed E-state index contributed by atoms with van der Waals surface area (Å²) in [6.07, 6.45) is -4.37. The first-order chi connectivity index (χ1) is 10.9. The van der Waals surface area contributed by atoms with Crippen molar-refractivity contribution in [1.82, 2.24) is 9.97 Å². The highest BCUT2D eigenvalue weighted by atomic mass is 35.5. The van der Waals surface area contributed by atoms with Crippen LogP contribution in [0.2, 0.25) is 5.15 Å². The Morgan fingerprint density at radius 3 is 2.04 bits per heavy atom. The summed E-state index contributed by atoms with van der Waals surface area (Å²) in [5.74, 6) is 0.282. The highest BCUT2D eigenvalue weighted by Crippen LogP contribution is 2.31. The molecule has 116 valence electrons. The standard InChI is InChI=1S/C17H10ClF3N2/c18-15-10-14(11-4-2-1-3-5-11)22-16(23-15)12-6-8-13(9-7-12)17(19,20)21/h1-10H. The predicted octanol–water partition coefficient (Wildman–Crippen LogP) is 5.48. The number of benzene rings is 2. The first kappa shape index (κ1) is 15.5. The molecule has 0 amide bonds. The second-order valence-electron chi connectivity index (χ2n) is 4.84. The van der Waals surface area contributed by atoms with Gasteiger partial charge in [-0.3, -0.25) is 0 Å². The van der Waals surface area contributed by atoms with Gasteiger partial charge in [0.1, 0.15) is 5.15 Å². The Labute approximate surface area is 135 Å². The van der Waals surface area contributed by atoms with Crippen LogP contribution in [0.1, 0.15) is 5.56 Å². The van der Waals surface area contributed by atoms with Gasteiger partial charge in [-0.25, -0.2) is 9.97 Å². The average Bonchev–Trinajstić information content (AvgIpc) is 2.54. The van der Waals surface area contributed by atoms with Gasteiger partial charge in [-0.1, -0.05) is 54.1 Å². The lowest BCUT2D eigenvalue weighted by atomic mass is 10.1. The molecule has 0 radical (unpaired) electrons. The van der Waals surface area contributed by atoms with Gasteiger partial charge in [-0.15, -0.1) is 0 Å². The Hall–Kier alpha value is -2.40. The van der Waals surface area contributed by atoms with Crippen molar-refractivity contribution in [2.75, 3.05) is 0 Å². The number of aromatic nitrogens is 2. The predicted molar refractivity (Wildman–Crippen MR) is 82.9 cm³/mol. The third-order valence-electron chi connectivity index (χ3n) is 3.23. The quantitative estimate of drug-likeness (QED) is 0.580. The summed E-state index contributed by atoms with van der Waals surface area (Å²) >= 11 is 6.02. The first-order valence-electron chi connectivity index (χ1n) is 6.71. The lowest BCUT2D eigenvalue weighted by Crippen LogP contribution is -2.04. The van der Waals surface area contributed by atoms with Crippen LogP contribution in [-0.2, 0) is 6.18 Å². The van der Waals surface area contributed by atoms with Crippen LogP contribution in [0, 0.1) is 0 Å². The van der Waals surface area contributed by atoms with Crippen molar-refractivity contribution < 1.29 is 13.2 Å². The van der Waals surface area contributed by atoms with Crippen molar-refractivity contribution in [3.63, 3.8) is 0 Å². The van der Waals surface area contributed by atoms with E-state index >= 15 is 0 Å². The monoisotopic (exact) mass is 334 g/mol. The molecule has 0 spiro atoms. The number of hydrogen-bond acceptors (Lipinski definition) is 2. The van der Waals surface area contributed by atoms with Gasteiger partial charge in [0.25, 0.3) is 0 Å². The fourth-order valence-electron chi connectivity index (χ4n) is 2.11. The van der Waals surface area contributed by atoms with Gasteiger partial charge in [0, 0.05) is 17.2 Å². The minimum absolute atomic E-state index is 0.230. The van der Waals surface area contributed by atoms with Gasteiger partial charge in [-0.05, 0) is 12.1 Å². The van der Waals surface area contributed by atoms with Gasteiger partial charge in [0.05, 0.1) is 11.3 Å². The maximum atomic E-state index is 12.6. The Morgan fingerprint density at radius 2 is 1.43 bits per heavy atom. The van der Waals surface area contributed by atoms with Crippen molar-refractivity contribution in [2.24, 2.45) is 0 Å². The van der Waals surface area contributed by atoms with E-state index in [1.165, 1.54) is 12.1 Å². The average molecular weight is 335 g/mol. The molecule has 2 aromatic carbocycles. The first-order valence-corrected chi connectivity index (χ1v) is 7.09. The fraction of sp³-hybridized carbons (Fsp3) is 0.0588. The highest BCUT2D eigenvalue weighted by Gasteiger charge is 2.30. The third kappa shape index (κ3) is 3.51. The van der Waals surface area contributed by atoms with Gasteiger partial charge < -0.3 is 0 Å². The molecule has 6 heteroatoms. The van der Waals surface area contributed by atoms with Crippen LogP contribution in [-0.4, -0.2) is 9.97 Å². The molecule has 0 saturated carbocycles. The molecule has 0 aliphatic carbocycles. The molecule has 23 heavy (non-hydrogen) atoms. The Kier molecular flexibility index (Phi) is 4.05. The minimum Gasteiger partial charge on any atom is -0.228 e. The van der Waals surface area contributed by atoms with Crippen LogP contribution in [0.3, 0.4) is 0 Å². The van der Waals surface area contributed by atoms with Crippen LogP contribution >= 0.6 is 11.6 Å². The Balaban J connectivity index is 2.02. The van der Waals surface area contributed by atoms with Gasteiger partial charge in [-0.2, -0.15) is 13.2 Å². The summed E-state index contributed by atoms with van der Waals surface area (Å²) in [7, 11) is 0. The number of alkyl halides is 3. The molecular formula is C17H10ClF3N2. The highest BCUT2D eigenvalue weighted by molar-refractivity contribution is 6.29. The van der Waals surface area contributed by atoms with Crippen molar-refractivity contribution in [1.29, 1.82) is 0 Å². The molecule has 0 N–H and O–H groups in total. The van der Waals surface area contributed by atoms with Gasteiger partial charge >= 0.3 is 6.18 Å². The van der Waals surface area contributed by atoms with Gasteiger partial charge in [0.2, 0.25) is 0 Å². The molecular weight excluding hydrogens is 325 g/mol. The zero-order valence-electron chi connectivity index (χ0n) is 11.7. The minimum atomic E-state index is -4.37. The van der Waals surface area contributed by atoms with E-state index in [-0.39, 0.29) is 11.0 Å².